The van der Waals surface area contributed by atoms with E-state index in [1.54, 1.807) is 4.90 Å². The second-order valence-electron chi connectivity index (χ2n) is 4.91. The van der Waals surface area contributed by atoms with E-state index in [9.17, 15) is 4.79 Å². The molecule has 0 fully saturated rings. The summed E-state index contributed by atoms with van der Waals surface area (Å²) in [5.74, 6) is 0.719. The predicted molar refractivity (Wildman–Crippen MR) is 83.2 cm³/mol. The molecule has 4 heteroatoms. The van der Waals surface area contributed by atoms with Gasteiger partial charge < -0.3 is 10.2 Å². The highest BCUT2D eigenvalue weighted by Crippen LogP contribution is 2.22. The summed E-state index contributed by atoms with van der Waals surface area (Å²) >= 11 is 0. The third-order valence-corrected chi connectivity index (χ3v) is 3.39. The fraction of sp³-hybridized carbons (Fsp3) is 0.375. The van der Waals surface area contributed by atoms with Crippen LogP contribution in [-0.4, -0.2) is 36.4 Å². The molecular weight excluding hydrogens is 250 g/mol. The zero-order valence-electron chi connectivity index (χ0n) is 12.3. The van der Waals surface area contributed by atoms with Crippen molar-refractivity contribution in [2.45, 2.75) is 19.8 Å². The SMILES string of the molecule is CCCCN(C)C(=O)c1cc2ccccc2c(NC)n1. The number of anilines is 1. The Bertz CT molecular complexity index is 610. The van der Waals surface area contributed by atoms with Crippen molar-refractivity contribution in [1.29, 1.82) is 0 Å². The Morgan fingerprint density at radius 2 is 2.10 bits per heavy atom. The van der Waals surface area contributed by atoms with E-state index in [4.69, 9.17) is 0 Å². The number of hydrogen-bond donors (Lipinski definition) is 1. The van der Waals surface area contributed by atoms with Crippen molar-refractivity contribution in [1.82, 2.24) is 9.88 Å². The summed E-state index contributed by atoms with van der Waals surface area (Å²) in [5, 5.41) is 5.12. The van der Waals surface area contributed by atoms with Crippen LogP contribution in [0, 0.1) is 0 Å². The van der Waals surface area contributed by atoms with Crippen molar-refractivity contribution in [3.63, 3.8) is 0 Å². The molecule has 1 amide bonds. The first kappa shape index (κ1) is 14.3. The number of fused-ring (bicyclic) bond motifs is 1. The van der Waals surface area contributed by atoms with Gasteiger partial charge in [-0.1, -0.05) is 37.6 Å². The third kappa shape index (κ3) is 2.90. The number of hydrogen-bond acceptors (Lipinski definition) is 3. The molecule has 2 aromatic rings. The number of nitrogens with one attached hydrogen (secondary N) is 1. The Balaban J connectivity index is 2.37. The topological polar surface area (TPSA) is 45.2 Å². The second-order valence-corrected chi connectivity index (χ2v) is 4.91. The van der Waals surface area contributed by atoms with Crippen molar-refractivity contribution in [2.75, 3.05) is 26.0 Å². The lowest BCUT2D eigenvalue weighted by Gasteiger charge is -2.17. The van der Waals surface area contributed by atoms with Gasteiger partial charge in [-0.05, 0) is 17.9 Å². The van der Waals surface area contributed by atoms with Crippen LogP contribution in [0.25, 0.3) is 10.8 Å². The number of nitrogens with zero attached hydrogens (tertiary/aromatic N) is 2. The van der Waals surface area contributed by atoms with Gasteiger partial charge in [0.2, 0.25) is 0 Å². The quantitative estimate of drug-likeness (QED) is 0.908. The zero-order chi connectivity index (χ0) is 14.5. The molecule has 2 rings (SSSR count). The van der Waals surface area contributed by atoms with E-state index in [1.165, 1.54) is 0 Å². The summed E-state index contributed by atoms with van der Waals surface area (Å²) < 4.78 is 0. The fourth-order valence-corrected chi connectivity index (χ4v) is 2.19. The van der Waals surface area contributed by atoms with Gasteiger partial charge in [-0.2, -0.15) is 0 Å². The molecule has 0 bridgehead atoms. The minimum absolute atomic E-state index is 0.0271. The molecule has 106 valence electrons. The minimum atomic E-state index is -0.0271. The second kappa shape index (κ2) is 6.37. The summed E-state index contributed by atoms with van der Waals surface area (Å²) in [6.07, 6.45) is 2.08. The van der Waals surface area contributed by atoms with Crippen LogP contribution < -0.4 is 5.32 Å². The minimum Gasteiger partial charge on any atom is -0.373 e. The van der Waals surface area contributed by atoms with Crippen LogP contribution >= 0.6 is 0 Å². The van der Waals surface area contributed by atoms with Gasteiger partial charge in [-0.3, -0.25) is 4.79 Å². The van der Waals surface area contributed by atoms with Crippen molar-refractivity contribution < 1.29 is 4.79 Å². The highest BCUT2D eigenvalue weighted by atomic mass is 16.2. The van der Waals surface area contributed by atoms with Gasteiger partial charge in [0.25, 0.3) is 5.91 Å². The monoisotopic (exact) mass is 271 g/mol. The molecule has 20 heavy (non-hydrogen) atoms. The van der Waals surface area contributed by atoms with Crippen LogP contribution in [0.2, 0.25) is 0 Å². The number of rotatable bonds is 5. The van der Waals surface area contributed by atoms with Gasteiger partial charge >= 0.3 is 0 Å². The van der Waals surface area contributed by atoms with Crippen molar-refractivity contribution in [3.05, 3.63) is 36.0 Å². The smallest absolute Gasteiger partial charge is 0.272 e. The average Bonchev–Trinajstić information content (AvgIpc) is 2.50. The predicted octanol–water partition coefficient (Wildman–Crippen LogP) is 3.15. The molecule has 0 atom stereocenters. The number of carbonyl (C=O) groups is 1. The highest BCUT2D eigenvalue weighted by Gasteiger charge is 2.15. The first-order valence-electron chi connectivity index (χ1n) is 7.00. The largest absolute Gasteiger partial charge is 0.373 e. The molecule has 0 radical (unpaired) electrons. The molecule has 0 aliphatic heterocycles. The third-order valence-electron chi connectivity index (χ3n) is 3.39. The molecule has 0 saturated carbocycles. The highest BCUT2D eigenvalue weighted by molar-refractivity contribution is 6.00. The van der Waals surface area contributed by atoms with E-state index < -0.39 is 0 Å². The maximum Gasteiger partial charge on any atom is 0.272 e. The van der Waals surface area contributed by atoms with Crippen LogP contribution in [0.1, 0.15) is 30.3 Å². The van der Waals surface area contributed by atoms with Gasteiger partial charge in [0.15, 0.2) is 0 Å². The molecule has 0 aliphatic rings. The number of pyridine rings is 1. The summed E-state index contributed by atoms with van der Waals surface area (Å²) in [6.45, 7) is 2.88. The van der Waals surface area contributed by atoms with Gasteiger partial charge in [0, 0.05) is 26.0 Å². The van der Waals surface area contributed by atoms with E-state index in [0.717, 1.165) is 36.0 Å². The lowest BCUT2D eigenvalue weighted by atomic mass is 10.1. The number of carbonyl (C=O) groups excluding carboxylic acids is 1. The standard InChI is InChI=1S/C16H21N3O/c1-4-5-10-19(3)16(20)14-11-12-8-6-7-9-13(12)15(17-2)18-14/h6-9,11H,4-5,10H2,1-3H3,(H,17,18). The first-order valence-corrected chi connectivity index (χ1v) is 7.00. The maximum atomic E-state index is 12.4. The molecular formula is C16H21N3O. The lowest BCUT2D eigenvalue weighted by Crippen LogP contribution is -2.28. The lowest BCUT2D eigenvalue weighted by molar-refractivity contribution is 0.0788. The molecule has 1 N–H and O–H groups in total. The van der Waals surface area contributed by atoms with Gasteiger partial charge in [-0.25, -0.2) is 4.98 Å². The molecule has 1 aromatic heterocycles. The maximum absolute atomic E-state index is 12.4. The van der Waals surface area contributed by atoms with Crippen LogP contribution in [0.4, 0.5) is 5.82 Å². The summed E-state index contributed by atoms with van der Waals surface area (Å²) in [5.41, 5.74) is 0.492. The molecule has 0 aliphatic carbocycles. The summed E-state index contributed by atoms with van der Waals surface area (Å²) in [4.78, 5) is 18.6. The molecule has 1 aromatic carbocycles. The Morgan fingerprint density at radius 1 is 1.35 bits per heavy atom. The van der Waals surface area contributed by atoms with E-state index in [1.807, 2.05) is 44.4 Å². The van der Waals surface area contributed by atoms with E-state index in [0.29, 0.717) is 5.69 Å². The number of amides is 1. The van der Waals surface area contributed by atoms with Gasteiger partial charge in [-0.15, -0.1) is 0 Å². The van der Waals surface area contributed by atoms with Gasteiger partial charge in [0.1, 0.15) is 11.5 Å². The van der Waals surface area contributed by atoms with E-state index in [-0.39, 0.29) is 5.91 Å². The Hall–Kier alpha value is -2.10. The summed E-state index contributed by atoms with van der Waals surface area (Å²) in [6, 6.07) is 9.81. The van der Waals surface area contributed by atoms with Crippen LogP contribution in [0.3, 0.4) is 0 Å². The Labute approximate surface area is 119 Å². The van der Waals surface area contributed by atoms with Crippen molar-refractivity contribution >= 4 is 22.5 Å². The van der Waals surface area contributed by atoms with Crippen LogP contribution in [-0.2, 0) is 0 Å². The fourth-order valence-electron chi connectivity index (χ4n) is 2.19. The Morgan fingerprint density at radius 3 is 2.80 bits per heavy atom. The van der Waals surface area contributed by atoms with Crippen molar-refractivity contribution in [2.24, 2.45) is 0 Å². The summed E-state index contributed by atoms with van der Waals surface area (Å²) in [7, 11) is 3.65. The van der Waals surface area contributed by atoms with Crippen LogP contribution in [0.15, 0.2) is 30.3 Å². The molecule has 0 saturated heterocycles. The average molecular weight is 271 g/mol. The molecule has 0 spiro atoms. The molecule has 4 nitrogen and oxygen atoms in total. The Kier molecular flexibility index (Phi) is 4.56. The van der Waals surface area contributed by atoms with Crippen molar-refractivity contribution in [3.8, 4) is 0 Å². The number of unbranched alkanes of at least 4 members (excludes halogenated alkanes) is 1. The van der Waals surface area contributed by atoms with E-state index in [2.05, 4.69) is 17.2 Å². The number of benzene rings is 1. The first-order chi connectivity index (χ1) is 9.67. The van der Waals surface area contributed by atoms with E-state index >= 15 is 0 Å². The number of aromatic nitrogens is 1. The van der Waals surface area contributed by atoms with Gasteiger partial charge in [0.05, 0.1) is 0 Å². The molecule has 0 unspecified atom stereocenters. The zero-order valence-corrected chi connectivity index (χ0v) is 12.3. The van der Waals surface area contributed by atoms with Crippen LogP contribution in [0.5, 0.6) is 0 Å². The molecule has 1 heterocycles. The normalized spacial score (nSPS) is 10.6.